The Morgan fingerprint density at radius 3 is 2.07 bits per heavy atom. The van der Waals surface area contributed by atoms with Crippen LogP contribution >= 0.6 is 0 Å². The lowest BCUT2D eigenvalue weighted by molar-refractivity contribution is -0.142. The third kappa shape index (κ3) is 6.41. The molecule has 2 unspecified atom stereocenters. The molecular weight excluding hydrogens is 380 g/mol. The molecule has 2 rings (SSSR count). The number of methoxy groups -OCH3 is 3. The van der Waals surface area contributed by atoms with E-state index in [1.807, 2.05) is 30.3 Å². The second kappa shape index (κ2) is 12.1. The van der Waals surface area contributed by atoms with Gasteiger partial charge < -0.3 is 19.3 Å². The van der Waals surface area contributed by atoms with E-state index in [0.29, 0.717) is 30.1 Å². The van der Waals surface area contributed by atoms with E-state index in [4.69, 9.17) is 14.2 Å². The number of rotatable bonds is 13. The summed E-state index contributed by atoms with van der Waals surface area (Å²) in [5.41, 5.74) is 2.34. The Morgan fingerprint density at radius 1 is 0.933 bits per heavy atom. The third-order valence-electron chi connectivity index (χ3n) is 5.72. The molecule has 2 aromatic rings. The van der Waals surface area contributed by atoms with Crippen molar-refractivity contribution in [2.75, 3.05) is 21.3 Å². The van der Waals surface area contributed by atoms with Crippen molar-refractivity contribution >= 4 is 5.97 Å². The molecule has 0 radical (unpaired) electrons. The van der Waals surface area contributed by atoms with Gasteiger partial charge in [0.15, 0.2) is 11.5 Å². The average molecular weight is 415 g/mol. The molecule has 0 aliphatic rings. The Kier molecular flexibility index (Phi) is 9.52. The first kappa shape index (κ1) is 23.6. The summed E-state index contributed by atoms with van der Waals surface area (Å²) in [5, 5.41) is 9.70. The van der Waals surface area contributed by atoms with Crippen LogP contribution in [0.25, 0.3) is 0 Å². The van der Waals surface area contributed by atoms with Crippen LogP contribution < -0.4 is 14.2 Å². The van der Waals surface area contributed by atoms with Gasteiger partial charge in [-0.25, -0.2) is 0 Å². The summed E-state index contributed by atoms with van der Waals surface area (Å²) in [7, 11) is 4.80. The van der Waals surface area contributed by atoms with Gasteiger partial charge in [-0.05, 0) is 67.7 Å². The fourth-order valence-electron chi connectivity index (χ4n) is 3.93. The molecule has 5 nitrogen and oxygen atoms in total. The summed E-state index contributed by atoms with van der Waals surface area (Å²) in [4.78, 5) is 11.8. The summed E-state index contributed by atoms with van der Waals surface area (Å²) in [6.45, 7) is 2.12. The van der Waals surface area contributed by atoms with Gasteiger partial charge in [0, 0.05) is 0 Å². The molecule has 0 aliphatic carbocycles. The molecular formula is C25H34O5. The topological polar surface area (TPSA) is 65.0 Å². The van der Waals surface area contributed by atoms with Gasteiger partial charge in [0.25, 0.3) is 0 Å². The Bertz CT molecular complexity index is 762. The number of carbonyl (C=O) groups is 1. The van der Waals surface area contributed by atoms with Gasteiger partial charge in [-0.1, -0.05) is 37.3 Å². The highest BCUT2D eigenvalue weighted by atomic mass is 16.5. The molecule has 0 bridgehead atoms. The van der Waals surface area contributed by atoms with Gasteiger partial charge in [-0.15, -0.1) is 0 Å². The minimum atomic E-state index is -0.706. The quantitative estimate of drug-likeness (QED) is 0.455. The third-order valence-corrected chi connectivity index (χ3v) is 5.72. The minimum Gasteiger partial charge on any atom is -0.493 e. The fourth-order valence-corrected chi connectivity index (χ4v) is 3.93. The highest BCUT2D eigenvalue weighted by molar-refractivity contribution is 5.69. The Balaban J connectivity index is 2.03. The predicted octanol–water partition coefficient (Wildman–Crippen LogP) is 5.71. The Morgan fingerprint density at radius 2 is 1.57 bits per heavy atom. The highest BCUT2D eigenvalue weighted by Crippen LogP contribution is 2.41. The largest absolute Gasteiger partial charge is 0.493 e. The maximum absolute atomic E-state index is 11.8. The summed E-state index contributed by atoms with van der Waals surface area (Å²) in [6, 6.07) is 14.2. The lowest BCUT2D eigenvalue weighted by Gasteiger charge is -2.21. The van der Waals surface area contributed by atoms with Gasteiger partial charge in [0.1, 0.15) is 0 Å². The molecule has 0 fully saturated rings. The molecule has 164 valence electrons. The van der Waals surface area contributed by atoms with E-state index in [1.165, 1.54) is 5.56 Å². The van der Waals surface area contributed by atoms with Crippen LogP contribution in [0.4, 0.5) is 0 Å². The minimum absolute atomic E-state index is 0.231. The SMILES string of the molecule is CCC(CCC(CCCc1ccccc1)C(=O)O)c1cc(OC)c(OC)c(OC)c1. The molecule has 5 heteroatoms. The number of carboxylic acids is 1. The predicted molar refractivity (Wildman–Crippen MR) is 119 cm³/mol. The van der Waals surface area contributed by atoms with Crippen LogP contribution in [0.5, 0.6) is 17.2 Å². The number of carboxylic acid groups (broad SMARTS) is 1. The lowest BCUT2D eigenvalue weighted by atomic mass is 9.86. The first-order valence-electron chi connectivity index (χ1n) is 10.6. The lowest BCUT2D eigenvalue weighted by Crippen LogP contribution is -2.15. The van der Waals surface area contributed by atoms with Crippen molar-refractivity contribution in [3.63, 3.8) is 0 Å². The molecule has 2 atom stereocenters. The van der Waals surface area contributed by atoms with E-state index < -0.39 is 5.97 Å². The van der Waals surface area contributed by atoms with Crippen molar-refractivity contribution in [3.8, 4) is 17.2 Å². The zero-order valence-electron chi connectivity index (χ0n) is 18.5. The van der Waals surface area contributed by atoms with E-state index >= 15 is 0 Å². The van der Waals surface area contributed by atoms with Gasteiger partial charge in [0.2, 0.25) is 5.75 Å². The van der Waals surface area contributed by atoms with Crippen LogP contribution in [-0.4, -0.2) is 32.4 Å². The van der Waals surface area contributed by atoms with Gasteiger partial charge in [0.05, 0.1) is 27.2 Å². The molecule has 0 aromatic heterocycles. The van der Waals surface area contributed by atoms with Crippen molar-refractivity contribution < 1.29 is 24.1 Å². The number of hydrogen-bond donors (Lipinski definition) is 1. The summed E-state index contributed by atoms with van der Waals surface area (Å²) in [5.74, 6) is 1.02. The zero-order valence-corrected chi connectivity index (χ0v) is 18.5. The average Bonchev–Trinajstić information content (AvgIpc) is 2.77. The van der Waals surface area contributed by atoms with Crippen molar-refractivity contribution in [1.82, 2.24) is 0 Å². The molecule has 30 heavy (non-hydrogen) atoms. The van der Waals surface area contributed by atoms with E-state index in [1.54, 1.807) is 21.3 Å². The number of aliphatic carboxylic acids is 1. The summed E-state index contributed by atoms with van der Waals surface area (Å²) in [6.07, 6.45) is 4.85. The molecule has 1 N–H and O–H groups in total. The number of ether oxygens (including phenoxy) is 3. The van der Waals surface area contributed by atoms with Crippen LogP contribution in [0.2, 0.25) is 0 Å². The summed E-state index contributed by atoms with van der Waals surface area (Å²) >= 11 is 0. The fraction of sp³-hybridized carbons (Fsp3) is 0.480. The van der Waals surface area contributed by atoms with Gasteiger partial charge in [-0.3, -0.25) is 4.79 Å². The maximum atomic E-state index is 11.8. The molecule has 0 amide bonds. The van der Waals surface area contributed by atoms with Crippen LogP contribution in [0.1, 0.15) is 56.1 Å². The van der Waals surface area contributed by atoms with Crippen LogP contribution in [-0.2, 0) is 11.2 Å². The Labute approximate surface area is 180 Å². The first-order chi connectivity index (χ1) is 14.5. The number of hydrogen-bond acceptors (Lipinski definition) is 4. The van der Waals surface area contributed by atoms with E-state index in [9.17, 15) is 9.90 Å². The van der Waals surface area contributed by atoms with Crippen molar-refractivity contribution in [3.05, 3.63) is 53.6 Å². The van der Waals surface area contributed by atoms with Crippen LogP contribution in [0.15, 0.2) is 42.5 Å². The summed E-state index contributed by atoms with van der Waals surface area (Å²) < 4.78 is 16.4. The smallest absolute Gasteiger partial charge is 0.306 e. The van der Waals surface area contributed by atoms with Crippen molar-refractivity contribution in [1.29, 1.82) is 0 Å². The van der Waals surface area contributed by atoms with Gasteiger partial charge >= 0.3 is 5.97 Å². The van der Waals surface area contributed by atoms with Crippen molar-refractivity contribution in [2.24, 2.45) is 5.92 Å². The first-order valence-corrected chi connectivity index (χ1v) is 10.6. The molecule has 0 saturated carbocycles. The van der Waals surface area contributed by atoms with Crippen molar-refractivity contribution in [2.45, 2.75) is 51.4 Å². The standard InChI is InChI=1S/C25H34O5/c1-5-19(21-16-22(28-2)24(30-4)23(17-21)29-3)14-15-20(25(26)27)13-9-12-18-10-7-6-8-11-18/h6-8,10-11,16-17,19-20H,5,9,12-15H2,1-4H3,(H,26,27). The molecule has 0 aliphatic heterocycles. The van der Waals surface area contributed by atoms with E-state index in [-0.39, 0.29) is 11.8 Å². The maximum Gasteiger partial charge on any atom is 0.306 e. The zero-order chi connectivity index (χ0) is 21.9. The van der Waals surface area contributed by atoms with Crippen LogP contribution in [0.3, 0.4) is 0 Å². The normalized spacial score (nSPS) is 12.8. The second-order valence-electron chi connectivity index (χ2n) is 7.55. The molecule has 0 saturated heterocycles. The molecule has 0 heterocycles. The second-order valence-corrected chi connectivity index (χ2v) is 7.55. The van der Waals surface area contributed by atoms with Crippen LogP contribution in [0, 0.1) is 5.92 Å². The number of aryl methyl sites for hydroxylation is 1. The monoisotopic (exact) mass is 414 g/mol. The Hall–Kier alpha value is -2.69. The highest BCUT2D eigenvalue weighted by Gasteiger charge is 2.22. The van der Waals surface area contributed by atoms with Gasteiger partial charge in [-0.2, -0.15) is 0 Å². The molecule has 0 spiro atoms. The van der Waals surface area contributed by atoms with E-state index in [0.717, 1.165) is 31.2 Å². The molecule has 2 aromatic carbocycles. The number of benzene rings is 2. The van der Waals surface area contributed by atoms with E-state index in [2.05, 4.69) is 19.1 Å².